The first kappa shape index (κ1) is 19.7. The Morgan fingerprint density at radius 2 is 1.76 bits per heavy atom. The van der Waals surface area contributed by atoms with Crippen LogP contribution in [0.3, 0.4) is 0 Å². The van der Waals surface area contributed by atoms with Crippen LogP contribution in [0.2, 0.25) is 13.1 Å². The summed E-state index contributed by atoms with van der Waals surface area (Å²) in [5.74, 6) is -0.163. The molecule has 0 fully saturated rings. The van der Waals surface area contributed by atoms with Crippen molar-refractivity contribution < 1.29 is 13.4 Å². The van der Waals surface area contributed by atoms with Crippen molar-refractivity contribution in [2.75, 3.05) is 0 Å². The van der Waals surface area contributed by atoms with E-state index in [1.807, 2.05) is 31.4 Å². The number of rotatable bonds is 6. The van der Waals surface area contributed by atoms with Crippen molar-refractivity contribution in [1.29, 1.82) is 0 Å². The average molecular weight is 388 g/mol. The molecule has 0 atom stereocenters. The van der Waals surface area contributed by atoms with Crippen molar-refractivity contribution >= 4 is 34.1 Å². The van der Waals surface area contributed by atoms with E-state index in [-0.39, 0.29) is 12.5 Å². The minimum absolute atomic E-state index is 0.128. The Labute approximate surface area is 172 Å². The highest BCUT2D eigenvalue weighted by Crippen LogP contribution is 2.36. The van der Waals surface area contributed by atoms with E-state index >= 15 is 0 Å². The Bertz CT molecular complexity index is 1180. The highest BCUT2D eigenvalue weighted by atomic mass is 19.1. The molecule has 4 aromatic rings. The third kappa shape index (κ3) is 3.46. The van der Waals surface area contributed by atoms with Gasteiger partial charge in [0, 0.05) is 22.9 Å². The molecular formula is C25H28BFNO+. The van der Waals surface area contributed by atoms with Gasteiger partial charge in [0.25, 0.3) is 0 Å². The number of aryl methyl sites for hydroxylation is 2. The van der Waals surface area contributed by atoms with Gasteiger partial charge in [-0.3, -0.25) is 0 Å². The third-order valence-electron chi connectivity index (χ3n) is 6.05. The first-order valence-electron chi connectivity index (χ1n) is 10.6. The van der Waals surface area contributed by atoms with E-state index in [0.717, 1.165) is 51.4 Å². The topological polar surface area (TPSA) is 17.0 Å². The van der Waals surface area contributed by atoms with Crippen molar-refractivity contribution in [3.63, 3.8) is 0 Å². The Morgan fingerprint density at radius 3 is 2.52 bits per heavy atom. The van der Waals surface area contributed by atoms with Crippen LogP contribution in [-0.4, -0.2) is 6.71 Å². The predicted molar refractivity (Wildman–Crippen MR) is 121 cm³/mol. The van der Waals surface area contributed by atoms with Gasteiger partial charge in [-0.1, -0.05) is 51.5 Å². The molecule has 0 radical (unpaired) electrons. The molecule has 0 bridgehead atoms. The SMILES string of the molecule is CCCCCB(C)c1c(F)ccc2c1oc1c(-c3cccc[n+]3C)c(C)ccc12. The summed E-state index contributed by atoms with van der Waals surface area (Å²) in [5.41, 5.74) is 5.58. The van der Waals surface area contributed by atoms with Crippen LogP contribution in [-0.2, 0) is 7.05 Å². The Balaban J connectivity index is 1.96. The Morgan fingerprint density at radius 1 is 1.00 bits per heavy atom. The molecular weight excluding hydrogens is 360 g/mol. The molecule has 0 saturated heterocycles. The van der Waals surface area contributed by atoms with E-state index in [0.29, 0.717) is 5.58 Å². The molecule has 148 valence electrons. The van der Waals surface area contributed by atoms with Crippen LogP contribution < -0.4 is 10.0 Å². The summed E-state index contributed by atoms with van der Waals surface area (Å²) in [6, 6.07) is 13.9. The minimum Gasteiger partial charge on any atom is -0.456 e. The number of unbranched alkanes of at least 4 members (excludes halogenated alkanes) is 2. The maximum Gasteiger partial charge on any atom is 0.216 e. The van der Waals surface area contributed by atoms with Crippen LogP contribution in [0.15, 0.2) is 53.1 Å². The lowest BCUT2D eigenvalue weighted by molar-refractivity contribution is -0.660. The highest BCUT2D eigenvalue weighted by molar-refractivity contribution is 6.74. The minimum atomic E-state index is -0.163. The Kier molecular flexibility index (Phi) is 5.45. The van der Waals surface area contributed by atoms with Crippen molar-refractivity contribution in [2.24, 2.45) is 7.05 Å². The monoisotopic (exact) mass is 388 g/mol. The zero-order chi connectivity index (χ0) is 20.5. The van der Waals surface area contributed by atoms with Gasteiger partial charge in [0.2, 0.25) is 5.69 Å². The van der Waals surface area contributed by atoms with Gasteiger partial charge in [0.1, 0.15) is 24.0 Å². The lowest BCUT2D eigenvalue weighted by Crippen LogP contribution is -2.30. The summed E-state index contributed by atoms with van der Waals surface area (Å²) in [4.78, 5) is 0. The lowest BCUT2D eigenvalue weighted by Gasteiger charge is -2.10. The molecule has 4 heteroatoms. The van der Waals surface area contributed by atoms with Crippen molar-refractivity contribution in [1.82, 2.24) is 0 Å². The van der Waals surface area contributed by atoms with Gasteiger partial charge in [0.05, 0.1) is 5.56 Å². The molecule has 2 aromatic heterocycles. The fourth-order valence-corrected chi connectivity index (χ4v) is 4.40. The van der Waals surface area contributed by atoms with E-state index in [9.17, 15) is 4.39 Å². The van der Waals surface area contributed by atoms with Crippen LogP contribution in [0.25, 0.3) is 33.2 Å². The van der Waals surface area contributed by atoms with Gasteiger partial charge in [-0.15, -0.1) is 0 Å². The summed E-state index contributed by atoms with van der Waals surface area (Å²) in [6.45, 7) is 6.54. The molecule has 2 heterocycles. The number of hydrogen-bond acceptors (Lipinski definition) is 1. The zero-order valence-electron chi connectivity index (χ0n) is 17.8. The molecule has 2 aromatic carbocycles. The number of halogens is 1. The summed E-state index contributed by atoms with van der Waals surface area (Å²) in [7, 11) is 2.04. The Hall–Kier alpha value is -2.62. The van der Waals surface area contributed by atoms with Gasteiger partial charge in [-0.2, -0.15) is 0 Å². The van der Waals surface area contributed by atoms with E-state index in [1.165, 1.54) is 12.8 Å². The van der Waals surface area contributed by atoms with Crippen LogP contribution in [0.5, 0.6) is 0 Å². The largest absolute Gasteiger partial charge is 0.456 e. The van der Waals surface area contributed by atoms with E-state index in [2.05, 4.69) is 43.4 Å². The number of pyridine rings is 1. The summed E-state index contributed by atoms with van der Waals surface area (Å²) >= 11 is 0. The number of nitrogens with zero attached hydrogens (tertiary/aromatic N) is 1. The number of hydrogen-bond donors (Lipinski definition) is 0. The first-order valence-corrected chi connectivity index (χ1v) is 10.6. The summed E-state index contributed by atoms with van der Waals surface area (Å²) in [5, 5.41) is 2.05. The van der Waals surface area contributed by atoms with Crippen molar-refractivity contribution in [3.8, 4) is 11.3 Å². The number of fused-ring (bicyclic) bond motifs is 3. The molecule has 0 saturated carbocycles. The summed E-state index contributed by atoms with van der Waals surface area (Å²) < 4.78 is 23.5. The van der Waals surface area contributed by atoms with Gasteiger partial charge in [-0.05, 0) is 36.1 Å². The number of furan rings is 1. The number of benzene rings is 2. The molecule has 4 rings (SSSR count). The second-order valence-corrected chi connectivity index (χ2v) is 8.17. The maximum atomic E-state index is 14.9. The highest BCUT2D eigenvalue weighted by Gasteiger charge is 2.25. The van der Waals surface area contributed by atoms with Crippen LogP contribution in [0.4, 0.5) is 4.39 Å². The molecule has 0 unspecified atom stereocenters. The zero-order valence-corrected chi connectivity index (χ0v) is 17.8. The van der Waals surface area contributed by atoms with E-state index in [1.54, 1.807) is 6.07 Å². The maximum absolute atomic E-state index is 14.9. The first-order chi connectivity index (χ1) is 14.0. The standard InChI is InChI=1S/C25H28BFNO/c1-5-6-8-15-26(3)23-20(27)14-13-19-18-12-11-17(2)22(24(18)29-25(19)23)21-10-7-9-16-28(21)4/h7,9-14,16H,5-6,8,15H2,1-4H3/q+1. The van der Waals surface area contributed by atoms with Crippen LogP contribution >= 0.6 is 0 Å². The van der Waals surface area contributed by atoms with Crippen LogP contribution in [0, 0.1) is 12.7 Å². The molecule has 0 aliphatic carbocycles. The van der Waals surface area contributed by atoms with Crippen molar-refractivity contribution in [3.05, 3.63) is 60.0 Å². The second kappa shape index (κ2) is 8.02. The molecule has 0 spiro atoms. The third-order valence-corrected chi connectivity index (χ3v) is 6.05. The van der Waals surface area contributed by atoms with E-state index in [4.69, 9.17) is 4.42 Å². The predicted octanol–water partition coefficient (Wildman–Crippen LogP) is 6.05. The molecule has 0 amide bonds. The second-order valence-electron chi connectivity index (χ2n) is 8.17. The summed E-state index contributed by atoms with van der Waals surface area (Å²) in [6.07, 6.45) is 6.46. The quantitative estimate of drug-likeness (QED) is 0.223. The van der Waals surface area contributed by atoms with Gasteiger partial charge < -0.3 is 4.42 Å². The van der Waals surface area contributed by atoms with Gasteiger partial charge in [-0.25, -0.2) is 8.96 Å². The number of aromatic nitrogens is 1. The molecule has 29 heavy (non-hydrogen) atoms. The molecule has 0 N–H and O–H groups in total. The smallest absolute Gasteiger partial charge is 0.216 e. The lowest BCUT2D eigenvalue weighted by atomic mass is 9.44. The normalized spacial score (nSPS) is 11.5. The van der Waals surface area contributed by atoms with E-state index < -0.39 is 0 Å². The molecule has 0 aliphatic rings. The molecule has 2 nitrogen and oxygen atoms in total. The fourth-order valence-electron chi connectivity index (χ4n) is 4.40. The molecule has 0 aliphatic heterocycles. The van der Waals surface area contributed by atoms with Crippen LogP contribution in [0.1, 0.15) is 31.7 Å². The van der Waals surface area contributed by atoms with Crippen molar-refractivity contribution in [2.45, 2.75) is 46.3 Å². The average Bonchev–Trinajstić information content (AvgIpc) is 3.07. The fraction of sp³-hybridized carbons (Fsp3) is 0.320. The van der Waals surface area contributed by atoms with Gasteiger partial charge >= 0.3 is 0 Å². The van der Waals surface area contributed by atoms with Gasteiger partial charge in [0.15, 0.2) is 12.9 Å².